The molecule has 17 heteroatoms. The second-order valence-electron chi connectivity index (χ2n) is 1.22. The summed E-state index contributed by atoms with van der Waals surface area (Å²) >= 11 is 0. The van der Waals surface area contributed by atoms with Gasteiger partial charge in [-0.15, -0.1) is 0 Å². The topological polar surface area (TPSA) is 241 Å². The van der Waals surface area contributed by atoms with Crippen LogP contribution in [0.5, 0.6) is 0 Å². The Hall–Kier alpha value is 1.17. The van der Waals surface area contributed by atoms with Crippen molar-refractivity contribution in [2.75, 3.05) is 0 Å². The first-order valence-corrected chi connectivity index (χ1v) is 6.00. The van der Waals surface area contributed by atoms with E-state index < -0.39 is 31.2 Å². The largest absolute Gasteiger partial charge is 4.00 e. The molecule has 17 heavy (non-hydrogen) atoms. The zero-order valence-electron chi connectivity index (χ0n) is 7.33. The van der Waals surface area contributed by atoms with E-state index in [1.807, 2.05) is 0 Å². The Morgan fingerprint density at radius 3 is 0.471 bits per heavy atom. The van der Waals surface area contributed by atoms with Crippen LogP contribution in [0.3, 0.4) is 0 Å². The van der Waals surface area contributed by atoms with Gasteiger partial charge in [0.2, 0.25) is 0 Å². The minimum Gasteiger partial charge on any atom is -0.759 e. The molecular formula is MgO12S3Sn. The fraction of sp³-hybridized carbons (Fsp3) is 0. The third kappa shape index (κ3) is 2860. The van der Waals surface area contributed by atoms with Gasteiger partial charge in [0.25, 0.3) is 0 Å². The monoisotopic (exact) mass is 432 g/mol. The van der Waals surface area contributed by atoms with E-state index in [0.717, 1.165) is 0 Å². The van der Waals surface area contributed by atoms with Gasteiger partial charge in [-0.3, -0.25) is 25.3 Å². The predicted molar refractivity (Wildman–Crippen MR) is 42.9 cm³/mol. The second kappa shape index (κ2) is 12.2. The number of rotatable bonds is 0. The zero-order valence-corrected chi connectivity index (χ0v) is 14.0. The van der Waals surface area contributed by atoms with Gasteiger partial charge in [-0.25, -0.2) is 0 Å². The summed E-state index contributed by atoms with van der Waals surface area (Å²) in [7, 11) is -15.5. The second-order valence-corrected chi connectivity index (χ2v) is 3.67. The van der Waals surface area contributed by atoms with Crippen LogP contribution in [0.25, 0.3) is 0 Å². The maximum absolute atomic E-state index is 8.52. The SMILES string of the molecule is O=S(=O)([O-])[O-].O=S(=O)([O-])[O-].O=S(=O)([O-])[O-].[Mg+2].[Sn+4]. The number of hydrogen-bond donors (Lipinski definition) is 0. The molecule has 12 nitrogen and oxygen atoms in total. The van der Waals surface area contributed by atoms with Gasteiger partial charge in [0.15, 0.2) is 0 Å². The minimum atomic E-state index is -5.17. The summed E-state index contributed by atoms with van der Waals surface area (Å²) in [5, 5.41) is 0. The molecular weight excluding hydrogens is 431 g/mol. The fourth-order valence-electron chi connectivity index (χ4n) is 0. The molecule has 0 fully saturated rings. The van der Waals surface area contributed by atoms with Crippen LogP contribution < -0.4 is 0 Å². The molecule has 0 heterocycles. The summed E-state index contributed by atoms with van der Waals surface area (Å²) < 4.78 is 102. The molecule has 0 aromatic carbocycles. The summed E-state index contributed by atoms with van der Waals surface area (Å²) in [5.74, 6) is 0. The van der Waals surface area contributed by atoms with Gasteiger partial charge in [0.1, 0.15) is 0 Å². The Morgan fingerprint density at radius 1 is 0.471 bits per heavy atom. The molecule has 0 atom stereocenters. The molecule has 0 radical (unpaired) electrons. The van der Waals surface area contributed by atoms with E-state index in [2.05, 4.69) is 0 Å². The summed E-state index contributed by atoms with van der Waals surface area (Å²) in [6.07, 6.45) is 0. The predicted octanol–water partition coefficient (Wildman–Crippen LogP) is -4.78. The Morgan fingerprint density at radius 2 is 0.471 bits per heavy atom. The van der Waals surface area contributed by atoms with E-state index in [1.165, 1.54) is 0 Å². The van der Waals surface area contributed by atoms with Crippen molar-refractivity contribution in [2.45, 2.75) is 0 Å². The molecule has 0 saturated heterocycles. The van der Waals surface area contributed by atoms with E-state index in [0.29, 0.717) is 0 Å². The molecule has 0 spiro atoms. The molecule has 0 aliphatic carbocycles. The summed E-state index contributed by atoms with van der Waals surface area (Å²) in [5.41, 5.74) is 0. The average Bonchev–Trinajstić information content (AvgIpc) is 1.41. The van der Waals surface area contributed by atoms with Crippen LogP contribution in [-0.4, -0.2) is 99.5 Å². The molecule has 0 bridgehead atoms. The average molecular weight is 431 g/mol. The van der Waals surface area contributed by atoms with Crippen molar-refractivity contribution in [3.8, 4) is 0 Å². The van der Waals surface area contributed by atoms with E-state index in [-0.39, 0.29) is 47.0 Å². The van der Waals surface area contributed by atoms with Crippen LogP contribution in [0.2, 0.25) is 0 Å². The van der Waals surface area contributed by atoms with Gasteiger partial charge in [-0.1, -0.05) is 0 Å². The minimum absolute atomic E-state index is 0. The van der Waals surface area contributed by atoms with Gasteiger partial charge in [-0.2, -0.15) is 0 Å². The molecule has 0 amide bonds. The van der Waals surface area contributed by atoms with E-state index in [1.54, 1.807) is 0 Å². The first kappa shape index (κ1) is 30.9. The van der Waals surface area contributed by atoms with Crippen molar-refractivity contribution in [3.05, 3.63) is 0 Å². The molecule has 0 rings (SSSR count). The molecule has 0 aromatic rings. The molecule has 0 aromatic heterocycles. The first-order valence-electron chi connectivity index (χ1n) is 2.00. The van der Waals surface area contributed by atoms with Crippen LogP contribution in [-0.2, 0) is 31.2 Å². The molecule has 96 valence electrons. The summed E-state index contributed by atoms with van der Waals surface area (Å²) in [4.78, 5) is 0. The van der Waals surface area contributed by atoms with Crippen LogP contribution in [0, 0.1) is 0 Å². The van der Waals surface area contributed by atoms with Crippen LogP contribution in [0.15, 0.2) is 0 Å². The Labute approximate surface area is 130 Å². The maximum atomic E-state index is 8.52. The third-order valence-electron chi connectivity index (χ3n) is 0. The first-order chi connectivity index (χ1) is 6.00. The van der Waals surface area contributed by atoms with Crippen molar-refractivity contribution in [2.24, 2.45) is 0 Å². The van der Waals surface area contributed by atoms with Crippen molar-refractivity contribution in [3.63, 3.8) is 0 Å². The van der Waals surface area contributed by atoms with Gasteiger partial charge in [0.05, 0.1) is 0 Å². The maximum Gasteiger partial charge on any atom is 4.00 e. The van der Waals surface area contributed by atoms with Crippen LogP contribution in [0.1, 0.15) is 0 Å². The third-order valence-corrected chi connectivity index (χ3v) is 0. The Kier molecular flexibility index (Phi) is 22.2. The van der Waals surface area contributed by atoms with Gasteiger partial charge < -0.3 is 27.3 Å². The molecule has 0 unspecified atom stereocenters. The van der Waals surface area contributed by atoms with Gasteiger partial charge in [-0.05, 0) is 0 Å². The summed E-state index contributed by atoms with van der Waals surface area (Å²) in [6.45, 7) is 0. The van der Waals surface area contributed by atoms with Crippen molar-refractivity contribution >= 4 is 78.2 Å². The Balaban J connectivity index is -0.0000000400. The van der Waals surface area contributed by atoms with Crippen molar-refractivity contribution in [1.82, 2.24) is 0 Å². The van der Waals surface area contributed by atoms with Gasteiger partial charge >= 0.3 is 47.0 Å². The van der Waals surface area contributed by atoms with Crippen molar-refractivity contribution in [1.29, 1.82) is 0 Å². The normalized spacial score (nSPS) is 10.2. The quantitative estimate of drug-likeness (QED) is 0.199. The molecule has 0 N–H and O–H groups in total. The van der Waals surface area contributed by atoms with Crippen molar-refractivity contribution < 1.29 is 52.6 Å². The van der Waals surface area contributed by atoms with Gasteiger partial charge in [0, 0.05) is 31.2 Å². The fourth-order valence-corrected chi connectivity index (χ4v) is 0. The number of hydrogen-bond acceptors (Lipinski definition) is 12. The Bertz CT molecular complexity index is 343. The van der Waals surface area contributed by atoms with E-state index in [9.17, 15) is 0 Å². The molecule has 0 aliphatic heterocycles. The van der Waals surface area contributed by atoms with Crippen LogP contribution >= 0.6 is 0 Å². The molecule has 0 saturated carbocycles. The van der Waals surface area contributed by atoms with Crippen LogP contribution in [0.4, 0.5) is 0 Å². The standard InChI is InChI=1S/Mg.3H2O4S.Sn/c;3*1-5(2,3)4;/h;3*(H2,1,2,3,4);/q+2;;;;+4/p-6. The summed E-state index contributed by atoms with van der Waals surface area (Å²) in [6, 6.07) is 0. The molecule has 0 aliphatic rings. The smallest absolute Gasteiger partial charge is 0.759 e. The van der Waals surface area contributed by atoms with E-state index >= 15 is 0 Å². The van der Waals surface area contributed by atoms with E-state index in [4.69, 9.17) is 52.6 Å². The zero-order chi connectivity index (χ0) is 13.5.